The van der Waals surface area contributed by atoms with Gasteiger partial charge in [-0.05, 0) is 23.6 Å². The lowest BCUT2D eigenvalue weighted by molar-refractivity contribution is 0.0994. The lowest BCUT2D eigenvalue weighted by atomic mass is 9.92. The summed E-state index contributed by atoms with van der Waals surface area (Å²) in [4.78, 5) is 16.6. The van der Waals surface area contributed by atoms with E-state index < -0.39 is 0 Å². The number of Topliss-reactive ketones (excluding diaryl/α,β-unsaturated/α-hetero) is 1. The van der Waals surface area contributed by atoms with E-state index in [9.17, 15) is 4.79 Å². The third-order valence-corrected chi connectivity index (χ3v) is 3.99. The summed E-state index contributed by atoms with van der Waals surface area (Å²) in [6.07, 6.45) is 6.22. The lowest BCUT2D eigenvalue weighted by Crippen LogP contribution is -2.05. The topological polar surface area (TPSA) is 39.2 Å². The van der Waals surface area contributed by atoms with E-state index in [-0.39, 0.29) is 5.78 Å². The Morgan fingerprint density at radius 1 is 1.14 bits per heavy atom. The van der Waals surface area contributed by atoms with Gasteiger partial charge in [0.25, 0.3) is 0 Å². The number of nitrogens with zero attached hydrogens (tertiary/aromatic N) is 1. The lowest BCUT2D eigenvalue weighted by Gasteiger charge is -2.13. The van der Waals surface area contributed by atoms with Gasteiger partial charge in [0.2, 0.25) is 0 Å². The predicted octanol–water partition coefficient (Wildman–Crippen LogP) is 4.00. The Morgan fingerprint density at radius 2 is 2.00 bits per heavy atom. The highest BCUT2D eigenvalue weighted by molar-refractivity contribution is 6.13. The van der Waals surface area contributed by atoms with Gasteiger partial charge in [0.15, 0.2) is 5.78 Å². The molecular formula is C18H13NO2. The van der Waals surface area contributed by atoms with Gasteiger partial charge in [-0.1, -0.05) is 24.3 Å². The highest BCUT2D eigenvalue weighted by Gasteiger charge is 2.17. The maximum atomic E-state index is 12.0. The molecule has 1 aliphatic rings. The van der Waals surface area contributed by atoms with Crippen molar-refractivity contribution in [1.29, 1.82) is 0 Å². The molecular weight excluding hydrogens is 262 g/mol. The molecule has 0 spiro atoms. The average Bonchev–Trinajstić information content (AvgIpc) is 2.54. The van der Waals surface area contributed by atoms with E-state index in [1.807, 2.05) is 48.7 Å². The van der Waals surface area contributed by atoms with Crippen molar-refractivity contribution >= 4 is 33.5 Å². The molecule has 0 atom stereocenters. The van der Waals surface area contributed by atoms with E-state index >= 15 is 0 Å². The number of fused-ring (bicyclic) bond motifs is 5. The quantitative estimate of drug-likeness (QED) is 0.630. The molecule has 2 aromatic carbocycles. The third kappa shape index (κ3) is 1.74. The Bertz CT molecular complexity index is 925. The maximum Gasteiger partial charge on any atom is 0.167 e. The zero-order valence-electron chi connectivity index (χ0n) is 11.6. The van der Waals surface area contributed by atoms with Crippen molar-refractivity contribution in [1.82, 2.24) is 4.98 Å². The number of carbonyl (C=O) groups is 1. The Balaban J connectivity index is 2.10. The summed E-state index contributed by atoms with van der Waals surface area (Å²) in [7, 11) is 1.66. The number of rotatable bonds is 1. The van der Waals surface area contributed by atoms with Crippen molar-refractivity contribution in [2.75, 3.05) is 7.11 Å². The number of carbonyl (C=O) groups excluding carboxylic acids is 1. The highest BCUT2D eigenvalue weighted by atomic mass is 16.5. The number of ketones is 1. The molecule has 0 bridgehead atoms. The van der Waals surface area contributed by atoms with Gasteiger partial charge < -0.3 is 4.74 Å². The van der Waals surface area contributed by atoms with Crippen molar-refractivity contribution in [3.8, 4) is 5.75 Å². The molecule has 3 heteroatoms. The largest absolute Gasteiger partial charge is 0.497 e. The SMILES string of the molecule is COc1ccc2c(cnc3c4c(ccc32)C(=O)CC=C4)c1. The normalized spacial score (nSPS) is 13.7. The Hall–Kier alpha value is -2.68. The van der Waals surface area contributed by atoms with Gasteiger partial charge in [0.05, 0.1) is 12.6 Å². The van der Waals surface area contributed by atoms with Crippen molar-refractivity contribution in [2.24, 2.45) is 0 Å². The second kappa shape index (κ2) is 4.42. The van der Waals surface area contributed by atoms with Crippen LogP contribution in [-0.2, 0) is 0 Å². The highest BCUT2D eigenvalue weighted by Crippen LogP contribution is 2.32. The summed E-state index contributed by atoms with van der Waals surface area (Å²) >= 11 is 0. The molecule has 0 fully saturated rings. The predicted molar refractivity (Wildman–Crippen MR) is 83.8 cm³/mol. The molecule has 3 aromatic rings. The van der Waals surface area contributed by atoms with Gasteiger partial charge in [0.1, 0.15) is 5.75 Å². The van der Waals surface area contributed by atoms with E-state index in [1.165, 1.54) is 0 Å². The molecule has 0 N–H and O–H groups in total. The van der Waals surface area contributed by atoms with Crippen LogP contribution in [0.3, 0.4) is 0 Å². The Labute approximate surface area is 121 Å². The van der Waals surface area contributed by atoms with Crippen LogP contribution in [0, 0.1) is 0 Å². The Kier molecular flexibility index (Phi) is 2.54. The van der Waals surface area contributed by atoms with Gasteiger partial charge in [-0.2, -0.15) is 0 Å². The number of hydrogen-bond acceptors (Lipinski definition) is 3. The summed E-state index contributed by atoms with van der Waals surface area (Å²) in [5.41, 5.74) is 2.58. The third-order valence-electron chi connectivity index (χ3n) is 3.99. The van der Waals surface area contributed by atoms with Gasteiger partial charge in [-0.25, -0.2) is 0 Å². The molecule has 0 aliphatic heterocycles. The first-order chi connectivity index (χ1) is 10.3. The van der Waals surface area contributed by atoms with Crippen molar-refractivity contribution in [2.45, 2.75) is 6.42 Å². The van der Waals surface area contributed by atoms with Crippen LogP contribution in [0.25, 0.3) is 27.8 Å². The number of allylic oxidation sites excluding steroid dienone is 1. The summed E-state index contributed by atoms with van der Waals surface area (Å²) in [5.74, 6) is 0.975. The summed E-state index contributed by atoms with van der Waals surface area (Å²) in [6, 6.07) is 9.87. The van der Waals surface area contributed by atoms with Crippen LogP contribution in [0.2, 0.25) is 0 Å². The summed E-state index contributed by atoms with van der Waals surface area (Å²) in [5, 5.41) is 3.22. The van der Waals surface area contributed by atoms with Crippen LogP contribution in [0.1, 0.15) is 22.3 Å². The average molecular weight is 275 g/mol. The molecule has 0 radical (unpaired) electrons. The van der Waals surface area contributed by atoms with Crippen LogP contribution in [0.4, 0.5) is 0 Å². The molecule has 102 valence electrons. The number of benzene rings is 2. The van der Waals surface area contributed by atoms with Crippen molar-refractivity contribution in [3.63, 3.8) is 0 Å². The van der Waals surface area contributed by atoms with Crippen LogP contribution < -0.4 is 4.74 Å². The van der Waals surface area contributed by atoms with E-state index in [4.69, 9.17) is 4.74 Å². The standard InChI is InChI=1S/C18H13NO2/c1-21-12-5-6-13-11(9-12)10-19-18-15-3-2-4-17(20)14(15)7-8-16(13)18/h2-3,5-10H,4H2,1H3. The first kappa shape index (κ1) is 12.1. The molecule has 0 saturated carbocycles. The van der Waals surface area contributed by atoms with E-state index in [0.717, 1.165) is 38.6 Å². The molecule has 0 saturated heterocycles. The second-order valence-electron chi connectivity index (χ2n) is 5.16. The zero-order valence-corrected chi connectivity index (χ0v) is 11.6. The molecule has 1 aliphatic carbocycles. The fourth-order valence-corrected chi connectivity index (χ4v) is 2.92. The van der Waals surface area contributed by atoms with E-state index in [2.05, 4.69) is 4.98 Å². The van der Waals surface area contributed by atoms with Gasteiger partial charge in [0, 0.05) is 34.5 Å². The second-order valence-corrected chi connectivity index (χ2v) is 5.16. The number of aromatic nitrogens is 1. The number of ether oxygens (including phenoxy) is 1. The molecule has 0 unspecified atom stereocenters. The Morgan fingerprint density at radius 3 is 2.86 bits per heavy atom. The molecule has 21 heavy (non-hydrogen) atoms. The van der Waals surface area contributed by atoms with Crippen LogP contribution in [-0.4, -0.2) is 17.9 Å². The first-order valence-corrected chi connectivity index (χ1v) is 6.87. The fraction of sp³-hybridized carbons (Fsp3) is 0.111. The van der Waals surface area contributed by atoms with Crippen molar-refractivity contribution < 1.29 is 9.53 Å². The van der Waals surface area contributed by atoms with E-state index in [0.29, 0.717) is 6.42 Å². The molecule has 0 amide bonds. The minimum atomic E-state index is 0.158. The maximum absolute atomic E-state index is 12.0. The van der Waals surface area contributed by atoms with Gasteiger partial charge >= 0.3 is 0 Å². The van der Waals surface area contributed by atoms with E-state index in [1.54, 1.807) is 7.11 Å². The molecule has 1 heterocycles. The summed E-state index contributed by atoms with van der Waals surface area (Å²) < 4.78 is 5.26. The first-order valence-electron chi connectivity index (χ1n) is 6.87. The smallest absolute Gasteiger partial charge is 0.167 e. The summed E-state index contributed by atoms with van der Waals surface area (Å²) in [6.45, 7) is 0. The van der Waals surface area contributed by atoms with Gasteiger partial charge in [-0.3, -0.25) is 9.78 Å². The van der Waals surface area contributed by atoms with Crippen LogP contribution in [0.15, 0.2) is 42.6 Å². The number of pyridine rings is 1. The van der Waals surface area contributed by atoms with Crippen LogP contribution >= 0.6 is 0 Å². The van der Waals surface area contributed by atoms with Crippen molar-refractivity contribution in [3.05, 3.63) is 53.7 Å². The number of hydrogen-bond donors (Lipinski definition) is 0. The fourth-order valence-electron chi connectivity index (χ4n) is 2.92. The monoisotopic (exact) mass is 275 g/mol. The minimum Gasteiger partial charge on any atom is -0.497 e. The molecule has 3 nitrogen and oxygen atoms in total. The van der Waals surface area contributed by atoms with Gasteiger partial charge in [-0.15, -0.1) is 0 Å². The molecule has 1 aromatic heterocycles. The zero-order chi connectivity index (χ0) is 14.4. The molecule has 4 rings (SSSR count). The minimum absolute atomic E-state index is 0.158. The number of methoxy groups -OCH3 is 1. The van der Waals surface area contributed by atoms with Crippen LogP contribution in [0.5, 0.6) is 5.75 Å².